The van der Waals surface area contributed by atoms with E-state index in [0.717, 1.165) is 27.7 Å². The lowest BCUT2D eigenvalue weighted by molar-refractivity contribution is -0.152. The first-order valence-electron chi connectivity index (χ1n) is 8.37. The first-order valence-corrected chi connectivity index (χ1v) is 9.16. The fourth-order valence-electron chi connectivity index (χ4n) is 4.88. The number of carboxylic acids is 1. The zero-order valence-electron chi connectivity index (χ0n) is 13.6. The van der Waals surface area contributed by atoms with E-state index in [0.29, 0.717) is 11.8 Å². The van der Waals surface area contributed by atoms with Crippen molar-refractivity contribution in [2.24, 2.45) is 35.5 Å². The number of carboxylic acid groups (broad SMARTS) is 1. The lowest BCUT2D eigenvalue weighted by Gasteiger charge is -2.41. The summed E-state index contributed by atoms with van der Waals surface area (Å²) >= 11 is 3.46. The summed E-state index contributed by atoms with van der Waals surface area (Å²) in [4.78, 5) is 24.8. The molecule has 0 unspecified atom stereocenters. The summed E-state index contributed by atoms with van der Waals surface area (Å²) in [5, 5.41) is 12.7. The molecular weight excluding hydrogens is 370 g/mol. The average Bonchev–Trinajstić information content (AvgIpc) is 3.31. The highest BCUT2D eigenvalue weighted by atomic mass is 79.9. The number of carbonyl (C=O) groups is 2. The Bertz CT molecular complexity index is 749. The van der Waals surface area contributed by atoms with Crippen LogP contribution in [0.3, 0.4) is 0 Å². The van der Waals surface area contributed by atoms with Gasteiger partial charge in [-0.1, -0.05) is 28.1 Å². The van der Waals surface area contributed by atoms with Gasteiger partial charge in [0.1, 0.15) is 0 Å². The van der Waals surface area contributed by atoms with Crippen LogP contribution in [0.2, 0.25) is 0 Å². The van der Waals surface area contributed by atoms with E-state index in [1.165, 1.54) is 0 Å². The molecular formula is C19H20BrNO3. The molecule has 0 aromatic heterocycles. The molecule has 0 radical (unpaired) electrons. The molecule has 1 aromatic carbocycles. The third-order valence-electron chi connectivity index (χ3n) is 5.99. The molecule has 1 amide bonds. The maximum absolute atomic E-state index is 13.0. The molecule has 0 spiro atoms. The predicted molar refractivity (Wildman–Crippen MR) is 94.6 cm³/mol. The highest BCUT2D eigenvalue weighted by molar-refractivity contribution is 9.10. The first kappa shape index (κ1) is 15.9. The third kappa shape index (κ3) is 2.32. The van der Waals surface area contributed by atoms with Crippen molar-refractivity contribution < 1.29 is 14.7 Å². The molecule has 2 fully saturated rings. The van der Waals surface area contributed by atoms with Crippen LogP contribution < -0.4 is 5.32 Å². The molecule has 6 atom stereocenters. The largest absolute Gasteiger partial charge is 0.481 e. The molecule has 2 bridgehead atoms. The van der Waals surface area contributed by atoms with Crippen molar-refractivity contribution in [3.05, 3.63) is 39.9 Å². The Balaban J connectivity index is 1.65. The Kier molecular flexibility index (Phi) is 3.60. The maximum Gasteiger partial charge on any atom is 0.307 e. The zero-order valence-corrected chi connectivity index (χ0v) is 15.2. The number of allylic oxidation sites excluding steroid dienone is 2. The quantitative estimate of drug-likeness (QED) is 0.773. The molecule has 126 valence electrons. The molecule has 0 saturated heterocycles. The van der Waals surface area contributed by atoms with E-state index in [1.54, 1.807) is 0 Å². The van der Waals surface area contributed by atoms with Crippen molar-refractivity contribution in [3.63, 3.8) is 0 Å². The van der Waals surface area contributed by atoms with Gasteiger partial charge < -0.3 is 10.4 Å². The van der Waals surface area contributed by atoms with Crippen LogP contribution in [-0.4, -0.2) is 17.0 Å². The topological polar surface area (TPSA) is 66.4 Å². The number of hydrogen-bond donors (Lipinski definition) is 2. The van der Waals surface area contributed by atoms with Gasteiger partial charge in [-0.3, -0.25) is 9.59 Å². The fourth-order valence-corrected chi connectivity index (χ4v) is 5.57. The number of halogens is 1. The summed E-state index contributed by atoms with van der Waals surface area (Å²) in [5.41, 5.74) is 2.75. The van der Waals surface area contributed by atoms with E-state index >= 15 is 0 Å². The number of benzene rings is 1. The molecule has 2 N–H and O–H groups in total. The van der Waals surface area contributed by atoms with Gasteiger partial charge in [-0.05, 0) is 67.2 Å². The van der Waals surface area contributed by atoms with E-state index in [1.807, 2.05) is 32.1 Å². The van der Waals surface area contributed by atoms with Gasteiger partial charge in [0.25, 0.3) is 0 Å². The van der Waals surface area contributed by atoms with Crippen LogP contribution in [0, 0.1) is 49.4 Å². The number of nitrogens with one attached hydrogen (secondary N) is 1. The van der Waals surface area contributed by atoms with E-state index < -0.39 is 17.8 Å². The molecule has 24 heavy (non-hydrogen) atoms. The first-order chi connectivity index (χ1) is 11.4. The Morgan fingerprint density at radius 2 is 1.62 bits per heavy atom. The maximum atomic E-state index is 13.0. The second-order valence-corrected chi connectivity index (χ2v) is 8.31. The lowest BCUT2D eigenvalue weighted by atomic mass is 9.62. The molecule has 4 aliphatic rings. The van der Waals surface area contributed by atoms with Crippen LogP contribution in [-0.2, 0) is 9.59 Å². The monoisotopic (exact) mass is 389 g/mol. The Morgan fingerprint density at radius 3 is 2.17 bits per heavy atom. The third-order valence-corrected chi connectivity index (χ3v) is 6.44. The van der Waals surface area contributed by atoms with Gasteiger partial charge in [-0.15, -0.1) is 0 Å². The summed E-state index contributed by atoms with van der Waals surface area (Å²) in [6, 6.07) is 3.92. The molecule has 0 aliphatic heterocycles. The molecule has 5 rings (SSSR count). The van der Waals surface area contributed by atoms with Crippen LogP contribution in [0.1, 0.15) is 17.5 Å². The highest BCUT2D eigenvalue weighted by Crippen LogP contribution is 2.63. The number of carbonyl (C=O) groups excluding carboxylic acids is 1. The van der Waals surface area contributed by atoms with Crippen molar-refractivity contribution in [3.8, 4) is 0 Å². The molecule has 5 heteroatoms. The van der Waals surface area contributed by atoms with Crippen LogP contribution in [0.25, 0.3) is 0 Å². The van der Waals surface area contributed by atoms with Gasteiger partial charge in [0, 0.05) is 10.2 Å². The summed E-state index contributed by atoms with van der Waals surface area (Å²) in [7, 11) is 0. The van der Waals surface area contributed by atoms with Crippen molar-refractivity contribution in [2.75, 3.05) is 5.32 Å². The minimum Gasteiger partial charge on any atom is -0.481 e. The summed E-state index contributed by atoms with van der Waals surface area (Å²) in [6.07, 6.45) is 5.19. The molecule has 2 saturated carbocycles. The van der Waals surface area contributed by atoms with Crippen molar-refractivity contribution in [1.82, 2.24) is 0 Å². The second kappa shape index (κ2) is 5.45. The molecule has 0 heterocycles. The van der Waals surface area contributed by atoms with Gasteiger partial charge in [-0.2, -0.15) is 0 Å². The normalized spacial score (nSPS) is 35.5. The lowest BCUT2D eigenvalue weighted by Crippen LogP contribution is -2.48. The number of anilines is 1. The van der Waals surface area contributed by atoms with Gasteiger partial charge in [0.15, 0.2) is 0 Å². The number of aryl methyl sites for hydroxylation is 2. The standard InChI is InChI=1S/C19H20BrNO3/c1-8-5-10(20)6-9(2)17(8)21-18(22)15-11-3-4-12(14-7-13(11)14)16(15)19(23)24/h3-6,11-16H,7H2,1-2H3,(H,21,22)(H,23,24)/t11-,12-,13+,14-,15+,16-/m0/s1. The minimum atomic E-state index is -0.843. The van der Waals surface area contributed by atoms with Crippen molar-refractivity contribution in [1.29, 1.82) is 0 Å². The van der Waals surface area contributed by atoms with E-state index in [-0.39, 0.29) is 17.7 Å². The number of aliphatic carboxylic acids is 1. The molecule has 1 aromatic rings. The Hall–Kier alpha value is -1.62. The van der Waals surface area contributed by atoms with Crippen LogP contribution in [0.4, 0.5) is 5.69 Å². The van der Waals surface area contributed by atoms with E-state index in [4.69, 9.17) is 0 Å². The van der Waals surface area contributed by atoms with Gasteiger partial charge in [0.05, 0.1) is 11.8 Å². The number of amides is 1. The van der Waals surface area contributed by atoms with Crippen LogP contribution >= 0.6 is 15.9 Å². The van der Waals surface area contributed by atoms with Crippen molar-refractivity contribution in [2.45, 2.75) is 20.3 Å². The van der Waals surface area contributed by atoms with Gasteiger partial charge in [-0.25, -0.2) is 0 Å². The van der Waals surface area contributed by atoms with Crippen LogP contribution in [0.5, 0.6) is 0 Å². The van der Waals surface area contributed by atoms with Crippen molar-refractivity contribution >= 4 is 33.5 Å². The number of fused-ring (bicyclic) bond motifs is 1. The highest BCUT2D eigenvalue weighted by Gasteiger charge is 2.63. The summed E-state index contributed by atoms with van der Waals surface area (Å²) in [5.74, 6) is -1.01. The van der Waals surface area contributed by atoms with E-state index in [2.05, 4.69) is 27.3 Å². The fraction of sp³-hybridized carbons (Fsp3) is 0.474. The number of rotatable bonds is 3. The van der Waals surface area contributed by atoms with E-state index in [9.17, 15) is 14.7 Å². The van der Waals surface area contributed by atoms with Gasteiger partial charge in [0.2, 0.25) is 5.91 Å². The molecule has 4 nitrogen and oxygen atoms in total. The average molecular weight is 390 g/mol. The smallest absolute Gasteiger partial charge is 0.307 e. The molecule has 4 aliphatic carbocycles. The SMILES string of the molecule is Cc1cc(Br)cc(C)c1NC(=O)[C@@H]1[C@H]2C=C[C@@H]([C@@H]3C[C@H]23)[C@@H]1C(=O)O. The Labute approximate surface area is 149 Å². The van der Waals surface area contributed by atoms with Gasteiger partial charge >= 0.3 is 5.97 Å². The predicted octanol–water partition coefficient (Wildman–Crippen LogP) is 3.77. The Morgan fingerprint density at radius 1 is 1.08 bits per heavy atom. The zero-order chi connectivity index (χ0) is 17.2. The second-order valence-electron chi connectivity index (χ2n) is 7.40. The minimum absolute atomic E-state index is 0.0142. The summed E-state index contributed by atoms with van der Waals surface area (Å²) < 4.78 is 0.972. The summed E-state index contributed by atoms with van der Waals surface area (Å²) in [6.45, 7) is 3.90. The number of hydrogen-bond acceptors (Lipinski definition) is 2. The van der Waals surface area contributed by atoms with Crippen LogP contribution in [0.15, 0.2) is 28.8 Å².